The molecule has 2 saturated heterocycles. The van der Waals surface area contributed by atoms with Crippen molar-refractivity contribution < 1.29 is 9.47 Å². The largest absolute Gasteiger partial charge is 0.381 e. The van der Waals surface area contributed by atoms with Gasteiger partial charge >= 0.3 is 0 Å². The van der Waals surface area contributed by atoms with E-state index in [1.807, 2.05) is 16.9 Å². The van der Waals surface area contributed by atoms with E-state index in [0.29, 0.717) is 12.6 Å². The maximum Gasteiger partial charge on any atom is 0.154 e. The third kappa shape index (κ3) is 4.56. The van der Waals surface area contributed by atoms with Gasteiger partial charge in [-0.05, 0) is 18.9 Å². The number of fused-ring (bicyclic) bond motifs is 1. The fourth-order valence-corrected chi connectivity index (χ4v) is 3.82. The van der Waals surface area contributed by atoms with Crippen molar-refractivity contribution in [2.24, 2.45) is 0 Å². The summed E-state index contributed by atoms with van der Waals surface area (Å²) in [5, 5.41) is 11.3. The second kappa shape index (κ2) is 9.69. The molecule has 10 heteroatoms. The molecule has 0 saturated carbocycles. The lowest BCUT2D eigenvalue weighted by molar-refractivity contribution is 0.0372. The summed E-state index contributed by atoms with van der Waals surface area (Å²) in [5.74, 6) is 0.721. The average molecular weight is 430 g/mol. The monoisotopic (exact) mass is 429 g/mol. The molecule has 9 nitrogen and oxygen atoms in total. The molecular formula is C20H27N7O2S. The van der Waals surface area contributed by atoms with Gasteiger partial charge in [-0.3, -0.25) is 9.67 Å². The minimum Gasteiger partial charge on any atom is -0.381 e. The lowest BCUT2D eigenvalue weighted by Gasteiger charge is -2.24. The van der Waals surface area contributed by atoms with Gasteiger partial charge in [0.05, 0.1) is 36.2 Å². The maximum atomic E-state index is 5.78. The SMILES string of the molecule is S.c1cnc2c(NC[C@@H]3CNCCO3)nc(-c3cnn(C4CCOCC4)c3)cc2n1. The fraction of sp³-hybridized carbons (Fsp3) is 0.500. The van der Waals surface area contributed by atoms with E-state index in [9.17, 15) is 0 Å². The van der Waals surface area contributed by atoms with Crippen molar-refractivity contribution in [3.63, 3.8) is 0 Å². The van der Waals surface area contributed by atoms with Crippen LogP contribution >= 0.6 is 13.5 Å². The normalized spacial score (nSPS) is 20.1. The summed E-state index contributed by atoms with van der Waals surface area (Å²) in [5.41, 5.74) is 3.38. The molecular weight excluding hydrogens is 402 g/mol. The number of anilines is 1. The van der Waals surface area contributed by atoms with Gasteiger partial charge in [0.25, 0.3) is 0 Å². The van der Waals surface area contributed by atoms with Crippen LogP contribution in [0.3, 0.4) is 0 Å². The number of rotatable bonds is 5. The van der Waals surface area contributed by atoms with E-state index in [2.05, 4.69) is 31.9 Å². The highest BCUT2D eigenvalue weighted by Gasteiger charge is 2.19. The highest BCUT2D eigenvalue weighted by Crippen LogP contribution is 2.27. The Balaban J connectivity index is 0.00000218. The van der Waals surface area contributed by atoms with E-state index in [4.69, 9.17) is 14.5 Å². The summed E-state index contributed by atoms with van der Waals surface area (Å²) < 4.78 is 13.3. The van der Waals surface area contributed by atoms with Crippen LogP contribution in [-0.4, -0.2) is 70.3 Å². The van der Waals surface area contributed by atoms with E-state index < -0.39 is 0 Å². The first-order chi connectivity index (χ1) is 14.4. The zero-order valence-corrected chi connectivity index (χ0v) is 17.8. The van der Waals surface area contributed by atoms with Gasteiger partial charge < -0.3 is 20.1 Å². The molecule has 30 heavy (non-hydrogen) atoms. The number of hydrogen-bond donors (Lipinski definition) is 2. The molecule has 2 N–H and O–H groups in total. The van der Waals surface area contributed by atoms with Crippen molar-refractivity contribution in [3.05, 3.63) is 30.9 Å². The average Bonchev–Trinajstić information content (AvgIpc) is 3.29. The van der Waals surface area contributed by atoms with Gasteiger partial charge in [-0.25, -0.2) is 9.97 Å². The van der Waals surface area contributed by atoms with Gasteiger partial charge in [-0.1, -0.05) is 0 Å². The molecule has 3 aromatic rings. The van der Waals surface area contributed by atoms with Gasteiger partial charge in [-0.2, -0.15) is 18.6 Å². The summed E-state index contributed by atoms with van der Waals surface area (Å²) in [6, 6.07) is 2.35. The predicted octanol–water partition coefficient (Wildman–Crippen LogP) is 1.75. The van der Waals surface area contributed by atoms with Crippen LogP contribution in [-0.2, 0) is 9.47 Å². The third-order valence-electron chi connectivity index (χ3n) is 5.42. The Morgan fingerprint density at radius 1 is 1.17 bits per heavy atom. The molecule has 0 aliphatic carbocycles. The Morgan fingerprint density at radius 2 is 2.03 bits per heavy atom. The smallest absolute Gasteiger partial charge is 0.154 e. The number of pyridine rings is 1. The summed E-state index contributed by atoms with van der Waals surface area (Å²) >= 11 is 0. The lowest BCUT2D eigenvalue weighted by atomic mass is 10.1. The molecule has 5 heterocycles. The van der Waals surface area contributed by atoms with Crippen LogP contribution in [0.25, 0.3) is 22.3 Å². The highest BCUT2D eigenvalue weighted by atomic mass is 32.1. The maximum absolute atomic E-state index is 5.78. The number of aromatic nitrogens is 5. The Labute approximate surface area is 182 Å². The van der Waals surface area contributed by atoms with Crippen LogP contribution in [0.1, 0.15) is 18.9 Å². The molecule has 0 bridgehead atoms. The first kappa shape index (κ1) is 21.0. The number of nitrogens with zero attached hydrogens (tertiary/aromatic N) is 5. The van der Waals surface area contributed by atoms with E-state index >= 15 is 0 Å². The Hall–Kier alpha value is -2.27. The first-order valence-corrected chi connectivity index (χ1v) is 10.2. The molecule has 2 aliphatic heterocycles. The van der Waals surface area contributed by atoms with Gasteiger partial charge in [0.15, 0.2) is 5.82 Å². The Kier molecular flexibility index (Phi) is 6.78. The quantitative estimate of drug-likeness (QED) is 0.633. The molecule has 0 spiro atoms. The minimum atomic E-state index is 0. The zero-order chi connectivity index (χ0) is 19.5. The predicted molar refractivity (Wildman–Crippen MR) is 119 cm³/mol. The lowest BCUT2D eigenvalue weighted by Crippen LogP contribution is -2.42. The van der Waals surface area contributed by atoms with Gasteiger partial charge in [0, 0.05) is 57.0 Å². The molecule has 0 amide bonds. The van der Waals surface area contributed by atoms with Crippen LogP contribution in [0, 0.1) is 0 Å². The van der Waals surface area contributed by atoms with Gasteiger partial charge in [0.1, 0.15) is 5.52 Å². The van der Waals surface area contributed by atoms with E-state index in [-0.39, 0.29) is 19.6 Å². The second-order valence-corrected chi connectivity index (χ2v) is 7.41. The molecule has 2 fully saturated rings. The van der Waals surface area contributed by atoms with Crippen molar-refractivity contribution in [2.75, 3.05) is 44.8 Å². The Morgan fingerprint density at radius 3 is 2.87 bits per heavy atom. The zero-order valence-electron chi connectivity index (χ0n) is 16.8. The van der Waals surface area contributed by atoms with Crippen molar-refractivity contribution in [3.8, 4) is 11.3 Å². The number of hydrogen-bond acceptors (Lipinski definition) is 8. The van der Waals surface area contributed by atoms with E-state index in [0.717, 1.165) is 73.9 Å². The topological polar surface area (TPSA) is 99.0 Å². The summed E-state index contributed by atoms with van der Waals surface area (Å²) in [4.78, 5) is 13.8. The van der Waals surface area contributed by atoms with Crippen LogP contribution in [0.15, 0.2) is 30.9 Å². The molecule has 0 radical (unpaired) electrons. The van der Waals surface area contributed by atoms with E-state index in [1.54, 1.807) is 12.4 Å². The molecule has 160 valence electrons. The van der Waals surface area contributed by atoms with Gasteiger partial charge in [-0.15, -0.1) is 0 Å². The number of ether oxygens (including phenoxy) is 2. The molecule has 5 rings (SSSR count). The van der Waals surface area contributed by atoms with Crippen LogP contribution in [0.4, 0.5) is 5.82 Å². The summed E-state index contributed by atoms with van der Waals surface area (Å²) in [7, 11) is 0. The van der Waals surface area contributed by atoms with Crippen LogP contribution < -0.4 is 10.6 Å². The van der Waals surface area contributed by atoms with Crippen LogP contribution in [0.2, 0.25) is 0 Å². The molecule has 3 aromatic heterocycles. The van der Waals surface area contributed by atoms with Crippen molar-refractivity contribution >= 4 is 30.3 Å². The number of nitrogens with one attached hydrogen (secondary N) is 2. The summed E-state index contributed by atoms with van der Waals surface area (Å²) in [6.45, 7) is 4.69. The standard InChI is InChI=1S/C20H25N7O2.H2S/c1-6-28-7-2-15(1)27-13-14(10-25-27)17-9-18-19(23-4-3-22-18)20(26-17)24-12-16-11-21-5-8-29-16;/h3-4,9-10,13,15-16,21H,1-2,5-8,11-12H2,(H,24,26);1H2/t16-;/m0./s1. The Bertz CT molecular complexity index is 971. The molecule has 2 aliphatic rings. The number of morpholine rings is 1. The molecule has 0 aromatic carbocycles. The third-order valence-corrected chi connectivity index (χ3v) is 5.42. The first-order valence-electron chi connectivity index (χ1n) is 10.2. The minimum absolute atomic E-state index is 0. The van der Waals surface area contributed by atoms with Gasteiger partial charge in [0.2, 0.25) is 0 Å². The molecule has 0 unspecified atom stereocenters. The van der Waals surface area contributed by atoms with Crippen LogP contribution in [0.5, 0.6) is 0 Å². The van der Waals surface area contributed by atoms with Crippen molar-refractivity contribution in [1.82, 2.24) is 30.0 Å². The van der Waals surface area contributed by atoms with Crippen molar-refractivity contribution in [2.45, 2.75) is 25.0 Å². The fourth-order valence-electron chi connectivity index (χ4n) is 3.82. The second-order valence-electron chi connectivity index (χ2n) is 7.41. The molecule has 1 atom stereocenters. The van der Waals surface area contributed by atoms with E-state index in [1.165, 1.54) is 0 Å². The summed E-state index contributed by atoms with van der Waals surface area (Å²) in [6.07, 6.45) is 9.42. The highest BCUT2D eigenvalue weighted by molar-refractivity contribution is 7.59. The van der Waals surface area contributed by atoms with Crippen molar-refractivity contribution in [1.29, 1.82) is 0 Å².